The summed E-state index contributed by atoms with van der Waals surface area (Å²) < 4.78 is 62.5. The number of hydrogen-bond acceptors (Lipinski definition) is 4. The number of carbonyl (C=O) groups is 1. The number of aromatic nitrogens is 1. The number of amides is 1. The van der Waals surface area contributed by atoms with Crippen molar-refractivity contribution in [2.75, 3.05) is 11.1 Å². The molecule has 118 valence electrons. The van der Waals surface area contributed by atoms with Crippen LogP contribution in [-0.4, -0.2) is 22.2 Å². The molecule has 0 unspecified atom stereocenters. The van der Waals surface area contributed by atoms with Crippen LogP contribution in [0.2, 0.25) is 0 Å². The summed E-state index contributed by atoms with van der Waals surface area (Å²) in [6.07, 6.45) is 0. The minimum Gasteiger partial charge on any atom is -0.301 e. The van der Waals surface area contributed by atoms with E-state index in [9.17, 15) is 26.7 Å². The SMILES string of the molecule is O=C(CSC(F)(F)F)Nc1nc(-c2cc(F)ccc2F)cs1. The lowest BCUT2D eigenvalue weighted by Crippen LogP contribution is -2.17. The Morgan fingerprint density at radius 2 is 2.05 bits per heavy atom. The highest BCUT2D eigenvalue weighted by Crippen LogP contribution is 2.31. The Bertz CT molecular complexity index is 686. The van der Waals surface area contributed by atoms with Gasteiger partial charge < -0.3 is 5.32 Å². The van der Waals surface area contributed by atoms with Crippen molar-refractivity contribution in [2.45, 2.75) is 5.51 Å². The number of benzene rings is 1. The van der Waals surface area contributed by atoms with Crippen molar-refractivity contribution in [2.24, 2.45) is 0 Å². The Balaban J connectivity index is 2.05. The number of nitrogens with one attached hydrogen (secondary N) is 1. The van der Waals surface area contributed by atoms with Gasteiger partial charge in [0.25, 0.3) is 0 Å². The van der Waals surface area contributed by atoms with Crippen LogP contribution in [0.15, 0.2) is 23.6 Å². The molecule has 3 nitrogen and oxygen atoms in total. The summed E-state index contributed by atoms with van der Waals surface area (Å²) in [5, 5.41) is 3.54. The normalized spacial score (nSPS) is 11.5. The second-order valence-electron chi connectivity index (χ2n) is 3.94. The highest BCUT2D eigenvalue weighted by molar-refractivity contribution is 8.00. The average molecular weight is 354 g/mol. The van der Waals surface area contributed by atoms with Crippen molar-refractivity contribution in [3.8, 4) is 11.3 Å². The molecule has 2 aromatic rings. The molecule has 0 atom stereocenters. The van der Waals surface area contributed by atoms with Crippen molar-refractivity contribution < 1.29 is 26.7 Å². The van der Waals surface area contributed by atoms with Crippen molar-refractivity contribution in [3.63, 3.8) is 0 Å². The molecule has 1 heterocycles. The third-order valence-electron chi connectivity index (χ3n) is 2.32. The number of rotatable bonds is 4. The van der Waals surface area contributed by atoms with E-state index in [-0.39, 0.29) is 16.4 Å². The molecule has 1 N–H and O–H groups in total. The first-order chi connectivity index (χ1) is 10.2. The third-order valence-corrected chi connectivity index (χ3v) is 3.81. The quantitative estimate of drug-likeness (QED) is 0.834. The first-order valence-electron chi connectivity index (χ1n) is 5.66. The largest absolute Gasteiger partial charge is 0.442 e. The van der Waals surface area contributed by atoms with Crippen LogP contribution in [0.4, 0.5) is 27.1 Å². The molecule has 1 amide bonds. The number of hydrogen-bond donors (Lipinski definition) is 1. The second-order valence-corrected chi connectivity index (χ2v) is 5.84. The zero-order chi connectivity index (χ0) is 16.3. The van der Waals surface area contributed by atoms with Crippen LogP contribution in [0.1, 0.15) is 0 Å². The highest BCUT2D eigenvalue weighted by Gasteiger charge is 2.29. The lowest BCUT2D eigenvalue weighted by Gasteiger charge is -2.04. The number of thiazole rings is 1. The Labute approximate surface area is 129 Å². The number of thioether (sulfide) groups is 1. The molecule has 0 radical (unpaired) electrons. The Morgan fingerprint density at radius 3 is 2.73 bits per heavy atom. The Morgan fingerprint density at radius 1 is 1.32 bits per heavy atom. The lowest BCUT2D eigenvalue weighted by atomic mass is 10.1. The predicted octanol–water partition coefficient (Wildman–Crippen LogP) is 4.28. The Hall–Kier alpha value is -1.68. The molecule has 10 heteroatoms. The summed E-state index contributed by atoms with van der Waals surface area (Å²) in [5.41, 5.74) is -4.52. The molecular weight excluding hydrogens is 347 g/mol. The molecule has 2 rings (SSSR count). The van der Waals surface area contributed by atoms with E-state index >= 15 is 0 Å². The van der Waals surface area contributed by atoms with Crippen molar-refractivity contribution in [1.82, 2.24) is 4.98 Å². The third kappa shape index (κ3) is 4.67. The fourth-order valence-electron chi connectivity index (χ4n) is 1.45. The van der Waals surface area contributed by atoms with E-state index in [2.05, 4.69) is 10.3 Å². The molecule has 1 aromatic heterocycles. The molecule has 0 aliphatic rings. The predicted molar refractivity (Wildman–Crippen MR) is 74.6 cm³/mol. The van der Waals surface area contributed by atoms with Crippen LogP contribution in [0.25, 0.3) is 11.3 Å². The number of halogens is 5. The van der Waals surface area contributed by atoms with Crippen molar-refractivity contribution >= 4 is 34.1 Å². The van der Waals surface area contributed by atoms with Gasteiger partial charge in [-0.2, -0.15) is 13.2 Å². The van der Waals surface area contributed by atoms with Gasteiger partial charge in [0.1, 0.15) is 11.6 Å². The number of nitrogens with zero attached hydrogens (tertiary/aromatic N) is 1. The number of alkyl halides is 3. The van der Waals surface area contributed by atoms with Gasteiger partial charge in [0, 0.05) is 10.9 Å². The zero-order valence-electron chi connectivity index (χ0n) is 10.6. The zero-order valence-corrected chi connectivity index (χ0v) is 12.2. The first kappa shape index (κ1) is 16.7. The molecule has 22 heavy (non-hydrogen) atoms. The second kappa shape index (κ2) is 6.61. The number of anilines is 1. The van der Waals surface area contributed by atoms with Crippen molar-refractivity contribution in [1.29, 1.82) is 0 Å². The Kier molecular flexibility index (Phi) is 5.01. The minimum absolute atomic E-state index is 0.00596. The smallest absolute Gasteiger partial charge is 0.301 e. The maximum atomic E-state index is 13.6. The molecule has 0 aliphatic heterocycles. The van der Waals surface area contributed by atoms with E-state index < -0.39 is 40.6 Å². The van der Waals surface area contributed by atoms with E-state index in [0.717, 1.165) is 29.5 Å². The molecule has 0 saturated carbocycles. The van der Waals surface area contributed by atoms with Crippen LogP contribution in [0, 0.1) is 11.6 Å². The van der Waals surface area contributed by atoms with Crippen LogP contribution < -0.4 is 5.32 Å². The minimum atomic E-state index is -4.50. The summed E-state index contributed by atoms with van der Waals surface area (Å²) in [6.45, 7) is 0. The summed E-state index contributed by atoms with van der Waals surface area (Å²) in [4.78, 5) is 15.2. The summed E-state index contributed by atoms with van der Waals surface area (Å²) in [5.74, 6) is -3.05. The molecule has 0 spiro atoms. The number of carbonyl (C=O) groups excluding carboxylic acids is 1. The van der Waals surface area contributed by atoms with Gasteiger partial charge in [0.2, 0.25) is 5.91 Å². The van der Waals surface area contributed by atoms with Gasteiger partial charge >= 0.3 is 5.51 Å². The van der Waals surface area contributed by atoms with Crippen molar-refractivity contribution in [3.05, 3.63) is 35.2 Å². The summed E-state index contributed by atoms with van der Waals surface area (Å²) >= 11 is 0.422. The summed E-state index contributed by atoms with van der Waals surface area (Å²) in [7, 11) is 0. The fraction of sp³-hybridized carbons (Fsp3) is 0.167. The van der Waals surface area contributed by atoms with E-state index in [1.54, 1.807) is 0 Å². The molecule has 1 aromatic carbocycles. The lowest BCUT2D eigenvalue weighted by molar-refractivity contribution is -0.114. The molecule has 0 fully saturated rings. The van der Waals surface area contributed by atoms with E-state index in [0.29, 0.717) is 0 Å². The van der Waals surface area contributed by atoms with E-state index in [4.69, 9.17) is 0 Å². The van der Waals surface area contributed by atoms with E-state index in [1.165, 1.54) is 5.38 Å². The molecule has 0 bridgehead atoms. The monoisotopic (exact) mass is 354 g/mol. The van der Waals surface area contributed by atoms with Gasteiger partial charge in [-0.3, -0.25) is 4.79 Å². The van der Waals surface area contributed by atoms with Gasteiger partial charge in [-0.15, -0.1) is 11.3 Å². The van der Waals surface area contributed by atoms with Gasteiger partial charge in [-0.05, 0) is 30.0 Å². The molecular formula is C12H7F5N2OS2. The molecule has 0 saturated heterocycles. The maximum absolute atomic E-state index is 13.6. The maximum Gasteiger partial charge on any atom is 0.442 e. The first-order valence-corrected chi connectivity index (χ1v) is 7.52. The van der Waals surface area contributed by atoms with Gasteiger partial charge in [-0.25, -0.2) is 13.8 Å². The van der Waals surface area contributed by atoms with Gasteiger partial charge in [0.05, 0.1) is 11.4 Å². The van der Waals surface area contributed by atoms with E-state index in [1.807, 2.05) is 0 Å². The fourth-order valence-corrected chi connectivity index (χ4v) is 2.55. The van der Waals surface area contributed by atoms with Crippen LogP contribution >= 0.6 is 23.1 Å². The highest BCUT2D eigenvalue weighted by atomic mass is 32.2. The average Bonchev–Trinajstić information content (AvgIpc) is 2.87. The van der Waals surface area contributed by atoms with Gasteiger partial charge in [-0.1, -0.05) is 0 Å². The van der Waals surface area contributed by atoms with Crippen LogP contribution in [0.5, 0.6) is 0 Å². The van der Waals surface area contributed by atoms with Gasteiger partial charge in [0.15, 0.2) is 5.13 Å². The standard InChI is InChI=1S/C12H7F5N2OS2/c13-6-1-2-8(14)7(3-6)9-4-21-11(18-9)19-10(20)5-22-12(15,16)17/h1-4H,5H2,(H,18,19,20). The van der Waals surface area contributed by atoms with Crippen LogP contribution in [-0.2, 0) is 4.79 Å². The summed E-state index contributed by atoms with van der Waals surface area (Å²) in [6, 6.07) is 2.82. The topological polar surface area (TPSA) is 42.0 Å². The van der Waals surface area contributed by atoms with Crippen LogP contribution in [0.3, 0.4) is 0 Å². The molecule has 0 aliphatic carbocycles.